The van der Waals surface area contributed by atoms with E-state index in [-0.39, 0.29) is 17.7 Å². The van der Waals surface area contributed by atoms with Crippen molar-refractivity contribution in [2.45, 2.75) is 39.2 Å². The summed E-state index contributed by atoms with van der Waals surface area (Å²) >= 11 is 0. The molecule has 150 valence electrons. The van der Waals surface area contributed by atoms with Crippen molar-refractivity contribution in [3.8, 4) is 0 Å². The molecule has 1 aromatic heterocycles. The maximum Gasteiger partial charge on any atom is 0.223 e. The van der Waals surface area contributed by atoms with Gasteiger partial charge in [0.05, 0.1) is 11.5 Å². The fraction of sp³-hybridized carbons (Fsp3) is 0.722. The molecule has 2 aliphatic rings. The lowest BCUT2D eigenvalue weighted by Gasteiger charge is -2.37. The third-order valence-corrected chi connectivity index (χ3v) is 6.97. The third-order valence-electron chi connectivity index (χ3n) is 5.22. The third kappa shape index (κ3) is 5.62. The minimum absolute atomic E-state index is 0.134. The van der Waals surface area contributed by atoms with Gasteiger partial charge < -0.3 is 10.2 Å². The highest BCUT2D eigenvalue weighted by Gasteiger charge is 2.34. The number of hydrogen-bond acceptors (Lipinski definition) is 7. The lowest BCUT2D eigenvalue weighted by Crippen LogP contribution is -2.52. The molecule has 2 saturated heterocycles. The van der Waals surface area contributed by atoms with Crippen molar-refractivity contribution in [1.82, 2.24) is 19.8 Å². The Kier molecular flexibility index (Phi) is 6.31. The fourth-order valence-corrected chi connectivity index (χ4v) is 5.56. The van der Waals surface area contributed by atoms with Crippen LogP contribution in [0.25, 0.3) is 0 Å². The van der Waals surface area contributed by atoms with Gasteiger partial charge in [-0.15, -0.1) is 0 Å². The van der Waals surface area contributed by atoms with Crippen molar-refractivity contribution in [1.29, 1.82) is 0 Å². The van der Waals surface area contributed by atoms with Crippen molar-refractivity contribution in [3.05, 3.63) is 17.5 Å². The second kappa shape index (κ2) is 8.52. The van der Waals surface area contributed by atoms with E-state index >= 15 is 0 Å². The first-order valence-electron chi connectivity index (χ1n) is 9.61. The number of aromatic nitrogens is 2. The average Bonchev–Trinajstić information content (AvgIpc) is 2.98. The van der Waals surface area contributed by atoms with Crippen LogP contribution in [0.15, 0.2) is 6.07 Å². The molecule has 0 bridgehead atoms. The number of sulfone groups is 1. The van der Waals surface area contributed by atoms with E-state index in [1.165, 1.54) is 0 Å². The Labute approximate surface area is 161 Å². The molecule has 9 heteroatoms. The van der Waals surface area contributed by atoms with Crippen LogP contribution in [0.2, 0.25) is 0 Å². The summed E-state index contributed by atoms with van der Waals surface area (Å²) in [7, 11) is -2.86. The lowest BCUT2D eigenvalue weighted by atomic mass is 10.2. The molecule has 0 unspecified atom stereocenters. The number of piperazine rings is 1. The van der Waals surface area contributed by atoms with Crippen LogP contribution >= 0.6 is 0 Å². The molecule has 27 heavy (non-hydrogen) atoms. The zero-order valence-corrected chi connectivity index (χ0v) is 17.0. The first kappa shape index (κ1) is 20.0. The monoisotopic (exact) mass is 395 g/mol. The van der Waals surface area contributed by atoms with Gasteiger partial charge in [-0.2, -0.15) is 0 Å². The van der Waals surface area contributed by atoms with Gasteiger partial charge in [0.15, 0.2) is 9.84 Å². The second-order valence-electron chi connectivity index (χ2n) is 7.48. The van der Waals surface area contributed by atoms with E-state index in [9.17, 15) is 13.2 Å². The Morgan fingerprint density at radius 1 is 1.19 bits per heavy atom. The molecular weight excluding hydrogens is 366 g/mol. The SMILES string of the molecule is Cc1cc(C)nc(NCCCC(=O)N2CCN([C@H]3CCS(=O)(=O)C3)CC2)n1. The smallest absolute Gasteiger partial charge is 0.223 e. The van der Waals surface area contributed by atoms with Crippen LogP contribution in [0.3, 0.4) is 0 Å². The first-order valence-corrected chi connectivity index (χ1v) is 11.4. The predicted molar refractivity (Wildman–Crippen MR) is 104 cm³/mol. The number of amides is 1. The minimum atomic E-state index is -2.86. The molecule has 3 rings (SSSR count). The summed E-state index contributed by atoms with van der Waals surface area (Å²) in [5.41, 5.74) is 1.85. The van der Waals surface area contributed by atoms with Crippen LogP contribution in [-0.4, -0.2) is 84.4 Å². The number of rotatable bonds is 6. The van der Waals surface area contributed by atoms with Crippen LogP contribution in [0.5, 0.6) is 0 Å². The largest absolute Gasteiger partial charge is 0.354 e. The van der Waals surface area contributed by atoms with Crippen molar-refractivity contribution >= 4 is 21.7 Å². The number of anilines is 1. The van der Waals surface area contributed by atoms with Gasteiger partial charge in [0, 0.05) is 56.6 Å². The Balaban J connectivity index is 1.36. The summed E-state index contributed by atoms with van der Waals surface area (Å²) in [6.45, 7) is 7.43. The van der Waals surface area contributed by atoms with Gasteiger partial charge in [-0.1, -0.05) is 0 Å². The molecule has 1 amide bonds. The summed E-state index contributed by atoms with van der Waals surface area (Å²) in [5, 5.41) is 3.18. The highest BCUT2D eigenvalue weighted by molar-refractivity contribution is 7.91. The highest BCUT2D eigenvalue weighted by atomic mass is 32.2. The molecule has 3 heterocycles. The van der Waals surface area contributed by atoms with Crippen molar-refractivity contribution in [3.63, 3.8) is 0 Å². The number of carbonyl (C=O) groups excluding carboxylic acids is 1. The summed E-state index contributed by atoms with van der Waals surface area (Å²) in [5.74, 6) is 1.35. The zero-order chi connectivity index (χ0) is 19.4. The van der Waals surface area contributed by atoms with Crippen LogP contribution < -0.4 is 5.32 Å². The first-order chi connectivity index (χ1) is 12.8. The zero-order valence-electron chi connectivity index (χ0n) is 16.1. The van der Waals surface area contributed by atoms with Crippen molar-refractivity contribution < 1.29 is 13.2 Å². The highest BCUT2D eigenvalue weighted by Crippen LogP contribution is 2.19. The van der Waals surface area contributed by atoms with E-state index in [2.05, 4.69) is 20.2 Å². The Morgan fingerprint density at radius 2 is 1.85 bits per heavy atom. The minimum Gasteiger partial charge on any atom is -0.354 e. The number of carbonyl (C=O) groups is 1. The summed E-state index contributed by atoms with van der Waals surface area (Å²) < 4.78 is 23.3. The molecule has 0 radical (unpaired) electrons. The van der Waals surface area contributed by atoms with Crippen molar-refractivity contribution in [2.24, 2.45) is 0 Å². The Bertz CT molecular complexity index is 755. The summed E-state index contributed by atoms with van der Waals surface area (Å²) in [6, 6.07) is 2.06. The average molecular weight is 396 g/mol. The molecule has 0 aliphatic carbocycles. The van der Waals surface area contributed by atoms with E-state index in [4.69, 9.17) is 0 Å². The van der Waals surface area contributed by atoms with E-state index in [0.29, 0.717) is 37.8 Å². The number of nitrogens with one attached hydrogen (secondary N) is 1. The Hall–Kier alpha value is -1.74. The van der Waals surface area contributed by atoms with Gasteiger partial charge in [-0.3, -0.25) is 9.69 Å². The molecule has 1 N–H and O–H groups in total. The molecule has 1 atom stereocenters. The van der Waals surface area contributed by atoms with Crippen LogP contribution in [0, 0.1) is 13.8 Å². The summed E-state index contributed by atoms with van der Waals surface area (Å²) in [6.07, 6.45) is 1.95. The second-order valence-corrected chi connectivity index (χ2v) is 9.71. The van der Waals surface area contributed by atoms with E-state index in [1.807, 2.05) is 24.8 Å². The molecule has 2 aliphatic heterocycles. The van der Waals surface area contributed by atoms with Gasteiger partial charge in [-0.05, 0) is 32.8 Å². The van der Waals surface area contributed by atoms with E-state index < -0.39 is 9.84 Å². The van der Waals surface area contributed by atoms with Gasteiger partial charge in [0.1, 0.15) is 0 Å². The lowest BCUT2D eigenvalue weighted by molar-refractivity contribution is -0.133. The molecule has 0 spiro atoms. The van der Waals surface area contributed by atoms with Crippen molar-refractivity contribution in [2.75, 3.05) is 49.5 Å². The predicted octanol–water partition coefficient (Wildman–Crippen LogP) is 0.617. The van der Waals surface area contributed by atoms with Crippen LogP contribution in [-0.2, 0) is 14.6 Å². The quantitative estimate of drug-likeness (QED) is 0.705. The molecular formula is C18H29N5O3S. The fourth-order valence-electron chi connectivity index (χ4n) is 3.80. The summed E-state index contributed by atoms with van der Waals surface area (Å²) in [4.78, 5) is 25.2. The van der Waals surface area contributed by atoms with Gasteiger partial charge in [0.2, 0.25) is 11.9 Å². The standard InChI is InChI=1S/C18H29N5O3S/c1-14-12-15(2)21-18(20-14)19-6-3-4-17(24)23-9-7-22(8-10-23)16-5-11-27(25,26)13-16/h12,16H,3-11,13H2,1-2H3,(H,19,20,21)/t16-/m0/s1. The molecule has 8 nitrogen and oxygen atoms in total. The maximum atomic E-state index is 12.4. The maximum absolute atomic E-state index is 12.4. The normalized spacial score (nSPS) is 22.7. The molecule has 1 aromatic rings. The van der Waals surface area contributed by atoms with Gasteiger partial charge in [0.25, 0.3) is 0 Å². The molecule has 2 fully saturated rings. The molecule has 0 aromatic carbocycles. The van der Waals surface area contributed by atoms with Gasteiger partial charge in [-0.25, -0.2) is 18.4 Å². The van der Waals surface area contributed by atoms with Crippen LogP contribution in [0.4, 0.5) is 5.95 Å². The number of hydrogen-bond donors (Lipinski definition) is 1. The topological polar surface area (TPSA) is 95.5 Å². The van der Waals surface area contributed by atoms with Crippen LogP contribution in [0.1, 0.15) is 30.7 Å². The Morgan fingerprint density at radius 3 is 2.44 bits per heavy atom. The molecule has 0 saturated carbocycles. The van der Waals surface area contributed by atoms with Gasteiger partial charge >= 0.3 is 0 Å². The van der Waals surface area contributed by atoms with E-state index in [1.54, 1.807) is 0 Å². The van der Waals surface area contributed by atoms with E-state index in [0.717, 1.165) is 37.3 Å². The number of aryl methyl sites for hydroxylation is 2. The number of nitrogens with zero attached hydrogens (tertiary/aromatic N) is 4.